The Morgan fingerprint density at radius 1 is 0.958 bits per heavy atom. The van der Waals surface area contributed by atoms with Crippen LogP contribution in [0.3, 0.4) is 0 Å². The third-order valence-corrected chi connectivity index (χ3v) is 4.69. The van der Waals surface area contributed by atoms with Gasteiger partial charge in [-0.15, -0.1) is 0 Å². The molecular weight excluding hydrogens is 298 g/mol. The third-order valence-electron chi connectivity index (χ3n) is 4.69. The van der Waals surface area contributed by atoms with Gasteiger partial charge >= 0.3 is 0 Å². The maximum atomic E-state index is 12.8. The first-order chi connectivity index (χ1) is 11.6. The van der Waals surface area contributed by atoms with Gasteiger partial charge in [-0.1, -0.05) is 55.7 Å². The van der Waals surface area contributed by atoms with Crippen LogP contribution >= 0.6 is 0 Å². The monoisotopic (exact) mass is 321 g/mol. The molecule has 2 aromatic rings. The van der Waals surface area contributed by atoms with Crippen molar-refractivity contribution in [2.45, 2.75) is 39.0 Å². The molecule has 0 heterocycles. The topological polar surface area (TPSA) is 46.2 Å². The normalized spacial score (nSPS) is 15.0. The van der Waals surface area contributed by atoms with Gasteiger partial charge in [0.25, 0.3) is 0 Å². The van der Waals surface area contributed by atoms with E-state index in [0.717, 1.165) is 31.2 Å². The van der Waals surface area contributed by atoms with Crippen LogP contribution in [-0.4, -0.2) is 11.7 Å². The molecule has 1 amide bonds. The Kier molecular flexibility index (Phi) is 5.09. The second kappa shape index (κ2) is 7.43. The molecule has 1 fully saturated rings. The number of amides is 1. The second-order valence-electron chi connectivity index (χ2n) is 6.57. The van der Waals surface area contributed by atoms with Crippen LogP contribution in [0.1, 0.15) is 53.6 Å². The summed E-state index contributed by atoms with van der Waals surface area (Å²) in [7, 11) is 0. The summed E-state index contributed by atoms with van der Waals surface area (Å²) in [5.41, 5.74) is 2.84. The first-order valence-corrected chi connectivity index (χ1v) is 8.66. The highest BCUT2D eigenvalue weighted by Crippen LogP contribution is 2.27. The molecule has 0 saturated heterocycles. The minimum Gasteiger partial charge on any atom is -0.325 e. The van der Waals surface area contributed by atoms with Crippen molar-refractivity contribution >= 4 is 17.4 Å². The zero-order valence-corrected chi connectivity index (χ0v) is 14.0. The van der Waals surface area contributed by atoms with Gasteiger partial charge in [0.1, 0.15) is 0 Å². The Labute approximate surface area is 143 Å². The fourth-order valence-electron chi connectivity index (χ4n) is 3.30. The summed E-state index contributed by atoms with van der Waals surface area (Å²) in [5, 5.41) is 3.01. The van der Waals surface area contributed by atoms with Gasteiger partial charge in [-0.2, -0.15) is 0 Å². The number of rotatable bonds is 4. The van der Waals surface area contributed by atoms with Crippen molar-refractivity contribution in [1.29, 1.82) is 0 Å². The lowest BCUT2D eigenvalue weighted by atomic mass is 9.88. The van der Waals surface area contributed by atoms with E-state index in [1.165, 1.54) is 6.42 Å². The minimum atomic E-state index is -0.0606. The molecule has 0 aromatic heterocycles. The molecule has 0 radical (unpaired) electrons. The van der Waals surface area contributed by atoms with E-state index >= 15 is 0 Å². The van der Waals surface area contributed by atoms with Crippen molar-refractivity contribution in [2.24, 2.45) is 5.92 Å². The number of hydrogen-bond donors (Lipinski definition) is 1. The van der Waals surface area contributed by atoms with Crippen LogP contribution in [0.4, 0.5) is 5.69 Å². The lowest BCUT2D eigenvalue weighted by molar-refractivity contribution is -0.120. The Bertz CT molecular complexity index is 731. The summed E-state index contributed by atoms with van der Waals surface area (Å²) < 4.78 is 0. The largest absolute Gasteiger partial charge is 0.325 e. The Balaban J connectivity index is 1.85. The maximum absolute atomic E-state index is 12.8. The lowest BCUT2D eigenvalue weighted by Gasteiger charge is -2.21. The molecule has 3 rings (SSSR count). The second-order valence-corrected chi connectivity index (χ2v) is 6.57. The Hall–Kier alpha value is -2.42. The van der Waals surface area contributed by atoms with E-state index in [2.05, 4.69) is 5.32 Å². The lowest BCUT2D eigenvalue weighted by Crippen LogP contribution is -2.25. The van der Waals surface area contributed by atoms with E-state index in [1.54, 1.807) is 18.2 Å². The molecule has 0 atom stereocenters. The van der Waals surface area contributed by atoms with Gasteiger partial charge in [-0.25, -0.2) is 0 Å². The van der Waals surface area contributed by atoms with Crippen molar-refractivity contribution < 1.29 is 9.59 Å². The first kappa shape index (κ1) is 16.4. The number of benzene rings is 2. The molecule has 3 nitrogen and oxygen atoms in total. The minimum absolute atomic E-state index is 0.0439. The average molecular weight is 321 g/mol. The molecule has 0 spiro atoms. The Morgan fingerprint density at radius 3 is 2.38 bits per heavy atom. The number of anilines is 1. The predicted octanol–water partition coefficient (Wildman–Crippen LogP) is 4.74. The molecule has 0 aliphatic heterocycles. The fourth-order valence-corrected chi connectivity index (χ4v) is 3.30. The molecular formula is C21H23NO2. The molecule has 3 heteroatoms. The van der Waals surface area contributed by atoms with Crippen molar-refractivity contribution in [2.75, 3.05) is 5.32 Å². The van der Waals surface area contributed by atoms with Crippen LogP contribution in [0.15, 0.2) is 48.5 Å². The number of carbonyl (C=O) groups is 2. The highest BCUT2D eigenvalue weighted by Gasteiger charge is 2.23. The summed E-state index contributed by atoms with van der Waals surface area (Å²) >= 11 is 0. The van der Waals surface area contributed by atoms with Crippen LogP contribution in [-0.2, 0) is 4.79 Å². The molecule has 1 aliphatic rings. The molecule has 1 aliphatic carbocycles. The smallest absolute Gasteiger partial charge is 0.227 e. The summed E-state index contributed by atoms with van der Waals surface area (Å²) in [6.07, 6.45) is 5.33. The summed E-state index contributed by atoms with van der Waals surface area (Å²) in [5.74, 6) is 0.0518. The summed E-state index contributed by atoms with van der Waals surface area (Å²) in [6, 6.07) is 14.8. The zero-order valence-electron chi connectivity index (χ0n) is 14.0. The number of nitrogens with one attached hydrogen (secondary N) is 1. The Morgan fingerprint density at radius 2 is 1.67 bits per heavy atom. The van der Waals surface area contributed by atoms with E-state index in [1.807, 2.05) is 37.3 Å². The van der Waals surface area contributed by atoms with Crippen molar-refractivity contribution in [3.63, 3.8) is 0 Å². The van der Waals surface area contributed by atoms with Gasteiger partial charge in [0.15, 0.2) is 5.78 Å². The molecule has 124 valence electrons. The highest BCUT2D eigenvalue weighted by atomic mass is 16.2. The molecule has 2 aromatic carbocycles. The van der Waals surface area contributed by atoms with Gasteiger partial charge in [-0.05, 0) is 37.5 Å². The van der Waals surface area contributed by atoms with Crippen LogP contribution in [0.2, 0.25) is 0 Å². The van der Waals surface area contributed by atoms with Crippen molar-refractivity contribution in [1.82, 2.24) is 0 Å². The van der Waals surface area contributed by atoms with E-state index < -0.39 is 0 Å². The number of aryl methyl sites for hydroxylation is 1. The number of hydrogen-bond acceptors (Lipinski definition) is 2. The summed E-state index contributed by atoms with van der Waals surface area (Å²) in [4.78, 5) is 25.4. The van der Waals surface area contributed by atoms with Gasteiger partial charge in [0.05, 0.1) is 5.69 Å². The molecule has 1 N–H and O–H groups in total. The number of ketones is 1. The van der Waals surface area contributed by atoms with Crippen molar-refractivity contribution in [3.8, 4) is 0 Å². The standard InChI is InChI=1S/C21H23NO2/c1-15-12-13-18(20(23)16-8-4-2-5-9-16)19(14-15)22-21(24)17-10-6-3-7-11-17/h2,4-5,8-9,12-14,17H,3,6-7,10-11H2,1H3,(H,22,24). The van der Waals surface area contributed by atoms with Crippen LogP contribution < -0.4 is 5.32 Å². The van der Waals surface area contributed by atoms with E-state index in [4.69, 9.17) is 0 Å². The molecule has 0 bridgehead atoms. The average Bonchev–Trinajstić information content (AvgIpc) is 2.63. The molecule has 1 saturated carbocycles. The highest BCUT2D eigenvalue weighted by molar-refractivity contribution is 6.14. The zero-order chi connectivity index (χ0) is 16.9. The quantitative estimate of drug-likeness (QED) is 0.826. The van der Waals surface area contributed by atoms with Crippen molar-refractivity contribution in [3.05, 3.63) is 65.2 Å². The van der Waals surface area contributed by atoms with Gasteiger partial charge in [-0.3, -0.25) is 9.59 Å². The van der Waals surface area contributed by atoms with Gasteiger partial charge < -0.3 is 5.32 Å². The molecule has 0 unspecified atom stereocenters. The van der Waals surface area contributed by atoms with E-state index in [9.17, 15) is 9.59 Å². The van der Waals surface area contributed by atoms with Gasteiger partial charge in [0, 0.05) is 17.0 Å². The van der Waals surface area contributed by atoms with Gasteiger partial charge in [0.2, 0.25) is 5.91 Å². The SMILES string of the molecule is Cc1ccc(C(=O)c2ccccc2)c(NC(=O)C2CCCCC2)c1. The maximum Gasteiger partial charge on any atom is 0.227 e. The molecule has 24 heavy (non-hydrogen) atoms. The summed E-state index contributed by atoms with van der Waals surface area (Å²) in [6.45, 7) is 1.97. The van der Waals surface area contributed by atoms with E-state index in [-0.39, 0.29) is 17.6 Å². The van der Waals surface area contributed by atoms with Crippen LogP contribution in [0.25, 0.3) is 0 Å². The first-order valence-electron chi connectivity index (χ1n) is 8.66. The van der Waals surface area contributed by atoms with E-state index in [0.29, 0.717) is 16.8 Å². The third kappa shape index (κ3) is 3.73. The predicted molar refractivity (Wildman–Crippen MR) is 96.3 cm³/mol. The van der Waals surface area contributed by atoms with Crippen LogP contribution in [0.5, 0.6) is 0 Å². The number of carbonyl (C=O) groups excluding carboxylic acids is 2. The van der Waals surface area contributed by atoms with Crippen LogP contribution in [0, 0.1) is 12.8 Å². The fraction of sp³-hybridized carbons (Fsp3) is 0.333.